The van der Waals surface area contributed by atoms with Crippen LogP contribution in [0.5, 0.6) is 0 Å². The van der Waals surface area contributed by atoms with Crippen LogP contribution in [0.2, 0.25) is 0 Å². The predicted octanol–water partition coefficient (Wildman–Crippen LogP) is 0.750. The molecule has 0 unspecified atom stereocenters. The average molecular weight is 345 g/mol. The highest BCUT2D eigenvalue weighted by Gasteiger charge is 2.33. The van der Waals surface area contributed by atoms with Crippen LogP contribution in [0, 0.1) is 0 Å². The fourth-order valence-electron chi connectivity index (χ4n) is 3.74. The summed E-state index contributed by atoms with van der Waals surface area (Å²) >= 11 is 0. The van der Waals surface area contributed by atoms with E-state index in [0.29, 0.717) is 26.2 Å². The monoisotopic (exact) mass is 345 g/mol. The quantitative estimate of drug-likeness (QED) is 0.811. The van der Waals surface area contributed by atoms with E-state index in [-0.39, 0.29) is 24.5 Å². The van der Waals surface area contributed by atoms with Crippen molar-refractivity contribution in [3.63, 3.8) is 0 Å². The molecular formula is C19H27N3O3. The van der Waals surface area contributed by atoms with E-state index in [0.717, 1.165) is 19.4 Å². The van der Waals surface area contributed by atoms with E-state index in [1.54, 1.807) is 4.90 Å². The van der Waals surface area contributed by atoms with Gasteiger partial charge in [-0.2, -0.15) is 0 Å². The van der Waals surface area contributed by atoms with E-state index in [1.807, 2.05) is 18.0 Å². The van der Waals surface area contributed by atoms with Crippen molar-refractivity contribution < 1.29 is 14.3 Å². The molecule has 0 bridgehead atoms. The number of nitrogens with zero attached hydrogens (tertiary/aromatic N) is 3. The molecule has 1 atom stereocenters. The second-order valence-corrected chi connectivity index (χ2v) is 6.90. The lowest BCUT2D eigenvalue weighted by Crippen LogP contribution is -2.51. The van der Waals surface area contributed by atoms with Crippen molar-refractivity contribution in [2.24, 2.45) is 0 Å². The van der Waals surface area contributed by atoms with Gasteiger partial charge in [-0.15, -0.1) is 0 Å². The fourth-order valence-corrected chi connectivity index (χ4v) is 3.74. The van der Waals surface area contributed by atoms with Crippen molar-refractivity contribution in [2.75, 3.05) is 46.9 Å². The van der Waals surface area contributed by atoms with Gasteiger partial charge in [0.15, 0.2) is 0 Å². The molecular weight excluding hydrogens is 318 g/mol. The lowest BCUT2D eigenvalue weighted by atomic mass is 9.93. The normalized spacial score (nSPS) is 21.6. The highest BCUT2D eigenvalue weighted by Crippen LogP contribution is 2.23. The Hall–Kier alpha value is -1.92. The van der Waals surface area contributed by atoms with Crippen LogP contribution in [-0.2, 0) is 27.3 Å². The molecule has 2 aliphatic heterocycles. The number of hydrogen-bond acceptors (Lipinski definition) is 4. The van der Waals surface area contributed by atoms with Crippen LogP contribution in [0.3, 0.4) is 0 Å². The van der Waals surface area contributed by atoms with E-state index >= 15 is 0 Å². The zero-order valence-electron chi connectivity index (χ0n) is 15.1. The first kappa shape index (κ1) is 17.9. The maximum Gasteiger partial charge on any atom is 0.248 e. The van der Waals surface area contributed by atoms with E-state index in [1.165, 1.54) is 18.2 Å². The van der Waals surface area contributed by atoms with Crippen LogP contribution in [0.25, 0.3) is 0 Å². The van der Waals surface area contributed by atoms with Gasteiger partial charge in [-0.3, -0.25) is 14.5 Å². The van der Waals surface area contributed by atoms with Crippen LogP contribution >= 0.6 is 0 Å². The average Bonchev–Trinajstić information content (AvgIpc) is 2.87. The number of likely N-dealkylation sites (N-methyl/N-ethyl adjacent to an activating group) is 1. The molecule has 2 heterocycles. The third-order valence-electron chi connectivity index (χ3n) is 5.20. The minimum absolute atomic E-state index is 0.000473. The minimum atomic E-state index is -0.115. The second kappa shape index (κ2) is 7.97. The summed E-state index contributed by atoms with van der Waals surface area (Å²) in [6.07, 6.45) is 1.57. The van der Waals surface area contributed by atoms with Crippen molar-refractivity contribution in [1.82, 2.24) is 14.7 Å². The molecule has 0 aliphatic carbocycles. The molecule has 1 fully saturated rings. The molecule has 0 saturated carbocycles. The molecule has 2 aliphatic rings. The lowest BCUT2D eigenvalue weighted by molar-refractivity contribution is -0.138. The summed E-state index contributed by atoms with van der Waals surface area (Å²) in [6.45, 7) is 3.49. The van der Waals surface area contributed by atoms with Gasteiger partial charge in [0, 0.05) is 39.8 Å². The largest absolute Gasteiger partial charge is 0.375 e. The Kier molecular flexibility index (Phi) is 5.71. The number of carbonyl (C=O) groups excluding carboxylic acids is 2. The van der Waals surface area contributed by atoms with Gasteiger partial charge in [-0.05, 0) is 31.0 Å². The van der Waals surface area contributed by atoms with E-state index in [9.17, 15) is 9.59 Å². The molecule has 0 aromatic heterocycles. The summed E-state index contributed by atoms with van der Waals surface area (Å²) in [5.74, 6) is 0.179. The van der Waals surface area contributed by atoms with Crippen molar-refractivity contribution in [3.05, 3.63) is 35.4 Å². The van der Waals surface area contributed by atoms with Gasteiger partial charge in [-0.1, -0.05) is 24.3 Å². The molecule has 1 aromatic rings. The van der Waals surface area contributed by atoms with E-state index < -0.39 is 0 Å². The van der Waals surface area contributed by atoms with Gasteiger partial charge in [0.05, 0.1) is 6.04 Å². The lowest BCUT2D eigenvalue weighted by Gasteiger charge is -2.36. The van der Waals surface area contributed by atoms with Gasteiger partial charge in [-0.25, -0.2) is 0 Å². The molecule has 3 rings (SSSR count). The summed E-state index contributed by atoms with van der Waals surface area (Å²) in [5, 5.41) is 0. The Labute approximate surface area is 149 Å². The molecule has 0 spiro atoms. The Morgan fingerprint density at radius 1 is 1.08 bits per heavy atom. The van der Waals surface area contributed by atoms with Gasteiger partial charge in [0.2, 0.25) is 11.8 Å². The first-order valence-corrected chi connectivity index (χ1v) is 8.92. The Bertz CT molecular complexity index is 634. The Balaban J connectivity index is 1.64. The summed E-state index contributed by atoms with van der Waals surface area (Å²) in [7, 11) is 3.55. The number of amides is 2. The minimum Gasteiger partial charge on any atom is -0.375 e. The van der Waals surface area contributed by atoms with Crippen molar-refractivity contribution in [3.8, 4) is 0 Å². The number of ether oxygens (including phenoxy) is 1. The number of fused-ring (bicyclic) bond motifs is 1. The van der Waals surface area contributed by atoms with Gasteiger partial charge in [0.25, 0.3) is 0 Å². The van der Waals surface area contributed by atoms with Crippen molar-refractivity contribution in [1.29, 1.82) is 0 Å². The second-order valence-electron chi connectivity index (χ2n) is 6.90. The summed E-state index contributed by atoms with van der Waals surface area (Å²) in [4.78, 5) is 31.0. The molecule has 0 radical (unpaired) electrons. The standard InChI is InChI=1S/C19H27N3O3/c1-20-13-16-7-4-3-6-15(16)12-17(20)19(24)22-9-5-8-21(10-11-22)18(23)14-25-2/h3-4,6-7,17H,5,8-14H2,1-2H3/t17-/m0/s1. The number of carbonyl (C=O) groups is 2. The zero-order valence-corrected chi connectivity index (χ0v) is 15.1. The maximum absolute atomic E-state index is 13.1. The Morgan fingerprint density at radius 2 is 1.76 bits per heavy atom. The molecule has 2 amide bonds. The molecule has 1 saturated heterocycles. The first-order chi connectivity index (χ1) is 12.1. The maximum atomic E-state index is 13.1. The van der Waals surface area contributed by atoms with Crippen LogP contribution in [0.15, 0.2) is 24.3 Å². The molecule has 6 heteroatoms. The van der Waals surface area contributed by atoms with E-state index in [2.05, 4.69) is 23.1 Å². The van der Waals surface area contributed by atoms with Crippen molar-refractivity contribution >= 4 is 11.8 Å². The highest BCUT2D eigenvalue weighted by molar-refractivity contribution is 5.83. The third kappa shape index (κ3) is 4.02. The topological polar surface area (TPSA) is 53.1 Å². The van der Waals surface area contributed by atoms with Gasteiger partial charge >= 0.3 is 0 Å². The van der Waals surface area contributed by atoms with Crippen LogP contribution in [0.1, 0.15) is 17.5 Å². The number of benzene rings is 1. The van der Waals surface area contributed by atoms with Gasteiger partial charge < -0.3 is 14.5 Å². The van der Waals surface area contributed by atoms with Crippen LogP contribution < -0.4 is 0 Å². The molecule has 0 N–H and O–H groups in total. The first-order valence-electron chi connectivity index (χ1n) is 8.92. The predicted molar refractivity (Wildman–Crippen MR) is 95.1 cm³/mol. The van der Waals surface area contributed by atoms with Crippen LogP contribution in [-0.4, -0.2) is 79.5 Å². The van der Waals surface area contributed by atoms with Gasteiger partial charge in [0.1, 0.15) is 6.61 Å². The number of rotatable bonds is 3. The highest BCUT2D eigenvalue weighted by atomic mass is 16.5. The fraction of sp³-hybridized carbons (Fsp3) is 0.579. The van der Waals surface area contributed by atoms with E-state index in [4.69, 9.17) is 4.74 Å². The summed E-state index contributed by atoms with van der Waals surface area (Å²) in [6, 6.07) is 8.23. The molecule has 6 nitrogen and oxygen atoms in total. The summed E-state index contributed by atoms with van der Waals surface area (Å²) < 4.78 is 4.94. The Morgan fingerprint density at radius 3 is 2.52 bits per heavy atom. The summed E-state index contributed by atoms with van der Waals surface area (Å²) in [5.41, 5.74) is 2.58. The number of hydrogen-bond donors (Lipinski definition) is 0. The zero-order chi connectivity index (χ0) is 17.8. The van der Waals surface area contributed by atoms with Crippen molar-refractivity contribution in [2.45, 2.75) is 25.4 Å². The molecule has 136 valence electrons. The third-order valence-corrected chi connectivity index (χ3v) is 5.20. The SMILES string of the molecule is COCC(=O)N1CCCN(C(=O)[C@@H]2Cc3ccccc3CN2C)CC1. The molecule has 25 heavy (non-hydrogen) atoms. The smallest absolute Gasteiger partial charge is 0.248 e. The van der Waals surface area contributed by atoms with Crippen LogP contribution in [0.4, 0.5) is 0 Å². The molecule has 1 aromatic carbocycles. The number of methoxy groups -OCH3 is 1.